The van der Waals surface area contributed by atoms with Gasteiger partial charge in [-0.3, -0.25) is 5.32 Å². The van der Waals surface area contributed by atoms with Crippen LogP contribution >= 0.6 is 0 Å². The summed E-state index contributed by atoms with van der Waals surface area (Å²) in [6.07, 6.45) is -0.791. The van der Waals surface area contributed by atoms with E-state index in [1.807, 2.05) is 0 Å². The Morgan fingerprint density at radius 3 is 2.18 bits per heavy atom. The number of hydrogen-bond donors (Lipinski definition) is 2. The van der Waals surface area contributed by atoms with Crippen molar-refractivity contribution in [1.29, 1.82) is 0 Å². The second-order valence-corrected chi connectivity index (χ2v) is 4.48. The number of carbonyl (C=O) groups excluding carboxylic acids is 1. The third-order valence-electron chi connectivity index (χ3n) is 1.72. The highest BCUT2D eigenvalue weighted by atomic mass is 19.1. The number of nitrogens with one attached hydrogen (secondary N) is 1. The fourth-order valence-electron chi connectivity index (χ4n) is 1.08. The van der Waals surface area contributed by atoms with Crippen LogP contribution in [0, 0.1) is 11.6 Å². The maximum absolute atomic E-state index is 13.1. The molecule has 0 heterocycles. The lowest BCUT2D eigenvalue weighted by Gasteiger charge is -2.19. The third kappa shape index (κ3) is 3.90. The Kier molecular flexibility index (Phi) is 3.55. The van der Waals surface area contributed by atoms with E-state index < -0.39 is 29.0 Å². The van der Waals surface area contributed by atoms with Gasteiger partial charge in [0.1, 0.15) is 11.3 Å². The molecule has 0 radical (unpaired) electrons. The number of ether oxygens (including phenoxy) is 1. The van der Waals surface area contributed by atoms with Crippen LogP contribution in [0.1, 0.15) is 20.8 Å². The Bertz CT molecular complexity index is 419. The monoisotopic (exact) mass is 244 g/mol. The van der Waals surface area contributed by atoms with E-state index >= 15 is 0 Å². The molecule has 3 N–H and O–H groups in total. The fourth-order valence-corrected chi connectivity index (χ4v) is 1.08. The topological polar surface area (TPSA) is 64.3 Å². The van der Waals surface area contributed by atoms with Gasteiger partial charge in [0.2, 0.25) is 0 Å². The van der Waals surface area contributed by atoms with Crippen molar-refractivity contribution in [2.24, 2.45) is 0 Å². The molecule has 0 aliphatic carbocycles. The molecular weight excluding hydrogens is 230 g/mol. The number of hydrogen-bond acceptors (Lipinski definition) is 3. The van der Waals surface area contributed by atoms with Crippen molar-refractivity contribution in [3.63, 3.8) is 0 Å². The molecule has 0 fully saturated rings. The molecule has 6 heteroatoms. The minimum atomic E-state index is -0.934. The molecule has 1 rings (SSSR count). The summed E-state index contributed by atoms with van der Waals surface area (Å²) in [5, 5.41) is 2.21. The standard InChI is InChI=1S/C11H14F2N2O2/c1-11(2,3)17-10(16)15-6-4-7(12)9(14)8(13)5-6/h4-5H,14H2,1-3H3,(H,15,16). The van der Waals surface area contributed by atoms with Crippen LogP contribution in [0.2, 0.25) is 0 Å². The predicted molar refractivity (Wildman–Crippen MR) is 60.6 cm³/mol. The number of rotatable bonds is 1. The lowest BCUT2D eigenvalue weighted by molar-refractivity contribution is 0.0636. The minimum Gasteiger partial charge on any atom is -0.444 e. The molecule has 94 valence electrons. The molecule has 0 saturated heterocycles. The average Bonchev–Trinajstić information content (AvgIpc) is 2.10. The lowest BCUT2D eigenvalue weighted by atomic mass is 10.2. The zero-order chi connectivity index (χ0) is 13.2. The Morgan fingerprint density at radius 2 is 1.76 bits per heavy atom. The summed E-state index contributed by atoms with van der Waals surface area (Å²) in [5.74, 6) is -1.87. The summed E-state index contributed by atoms with van der Waals surface area (Å²) in [6.45, 7) is 5.03. The zero-order valence-corrected chi connectivity index (χ0v) is 9.80. The van der Waals surface area contributed by atoms with Crippen LogP contribution in [0.15, 0.2) is 12.1 Å². The SMILES string of the molecule is CC(C)(C)OC(=O)Nc1cc(F)c(N)c(F)c1. The molecule has 1 aromatic rings. The molecule has 0 atom stereocenters. The first-order valence-electron chi connectivity index (χ1n) is 4.93. The number of halogens is 2. The molecule has 1 amide bonds. The summed E-state index contributed by atoms with van der Waals surface area (Å²) in [7, 11) is 0. The summed E-state index contributed by atoms with van der Waals surface area (Å²) < 4.78 is 31.1. The molecule has 17 heavy (non-hydrogen) atoms. The van der Waals surface area contributed by atoms with Gasteiger partial charge < -0.3 is 10.5 Å². The summed E-state index contributed by atoms with van der Waals surface area (Å²) >= 11 is 0. The molecule has 1 aromatic carbocycles. The van der Waals surface area contributed by atoms with Gasteiger partial charge in [-0.25, -0.2) is 13.6 Å². The van der Waals surface area contributed by atoms with E-state index in [1.54, 1.807) is 20.8 Å². The van der Waals surface area contributed by atoms with E-state index in [2.05, 4.69) is 5.32 Å². The van der Waals surface area contributed by atoms with Gasteiger partial charge in [-0.05, 0) is 32.9 Å². The van der Waals surface area contributed by atoms with Crippen molar-refractivity contribution in [2.75, 3.05) is 11.1 Å². The quantitative estimate of drug-likeness (QED) is 0.746. The van der Waals surface area contributed by atoms with Crippen molar-refractivity contribution in [2.45, 2.75) is 26.4 Å². The van der Waals surface area contributed by atoms with Gasteiger partial charge in [0, 0.05) is 5.69 Å². The van der Waals surface area contributed by atoms with Gasteiger partial charge in [-0.1, -0.05) is 0 Å². The molecule has 0 aromatic heterocycles. The van der Waals surface area contributed by atoms with Crippen LogP contribution in [-0.2, 0) is 4.74 Å². The third-order valence-corrected chi connectivity index (χ3v) is 1.72. The van der Waals surface area contributed by atoms with Crippen LogP contribution in [0.25, 0.3) is 0 Å². The normalized spacial score (nSPS) is 11.1. The van der Waals surface area contributed by atoms with E-state index in [1.165, 1.54) is 0 Å². The maximum atomic E-state index is 13.1. The maximum Gasteiger partial charge on any atom is 0.412 e. The first-order chi connectivity index (χ1) is 7.69. The van der Waals surface area contributed by atoms with Crippen LogP contribution in [-0.4, -0.2) is 11.7 Å². The van der Waals surface area contributed by atoms with Gasteiger partial charge in [0.05, 0.1) is 0 Å². The number of anilines is 2. The van der Waals surface area contributed by atoms with Gasteiger partial charge >= 0.3 is 6.09 Å². The molecular formula is C11H14F2N2O2. The second-order valence-electron chi connectivity index (χ2n) is 4.48. The van der Waals surface area contributed by atoms with Crippen LogP contribution < -0.4 is 11.1 Å². The highest BCUT2D eigenvalue weighted by Crippen LogP contribution is 2.21. The lowest BCUT2D eigenvalue weighted by Crippen LogP contribution is -2.27. The van der Waals surface area contributed by atoms with Crippen molar-refractivity contribution in [3.8, 4) is 0 Å². The fraction of sp³-hybridized carbons (Fsp3) is 0.364. The van der Waals surface area contributed by atoms with E-state index in [0.717, 1.165) is 12.1 Å². The van der Waals surface area contributed by atoms with Crippen molar-refractivity contribution >= 4 is 17.5 Å². The van der Waals surface area contributed by atoms with Crippen molar-refractivity contribution < 1.29 is 18.3 Å². The molecule has 0 spiro atoms. The average molecular weight is 244 g/mol. The first kappa shape index (κ1) is 13.2. The van der Waals surface area contributed by atoms with Crippen LogP contribution in [0.4, 0.5) is 25.0 Å². The number of amides is 1. The van der Waals surface area contributed by atoms with Crippen LogP contribution in [0.3, 0.4) is 0 Å². The highest BCUT2D eigenvalue weighted by molar-refractivity contribution is 5.85. The van der Waals surface area contributed by atoms with E-state index in [4.69, 9.17) is 10.5 Å². The molecule has 0 aliphatic rings. The summed E-state index contributed by atoms with van der Waals surface area (Å²) in [5.41, 5.74) is 3.77. The Labute approximate surface area is 97.8 Å². The number of carbonyl (C=O) groups is 1. The predicted octanol–water partition coefficient (Wildman–Crippen LogP) is 2.89. The van der Waals surface area contributed by atoms with E-state index in [-0.39, 0.29) is 5.69 Å². The van der Waals surface area contributed by atoms with Gasteiger partial charge in [-0.2, -0.15) is 0 Å². The van der Waals surface area contributed by atoms with Gasteiger partial charge in [-0.15, -0.1) is 0 Å². The smallest absolute Gasteiger partial charge is 0.412 e. The van der Waals surface area contributed by atoms with Crippen molar-refractivity contribution in [1.82, 2.24) is 0 Å². The van der Waals surface area contributed by atoms with Gasteiger partial charge in [0.25, 0.3) is 0 Å². The molecule has 0 bridgehead atoms. The molecule has 4 nitrogen and oxygen atoms in total. The summed E-state index contributed by atoms with van der Waals surface area (Å²) in [6, 6.07) is 1.84. The zero-order valence-electron chi connectivity index (χ0n) is 9.80. The number of benzene rings is 1. The molecule has 0 unspecified atom stereocenters. The second kappa shape index (κ2) is 4.57. The van der Waals surface area contributed by atoms with E-state index in [9.17, 15) is 13.6 Å². The highest BCUT2D eigenvalue weighted by Gasteiger charge is 2.17. The van der Waals surface area contributed by atoms with E-state index in [0.29, 0.717) is 0 Å². The summed E-state index contributed by atoms with van der Waals surface area (Å²) in [4.78, 5) is 11.3. The van der Waals surface area contributed by atoms with Crippen LogP contribution in [0.5, 0.6) is 0 Å². The minimum absolute atomic E-state index is 0.0524. The van der Waals surface area contributed by atoms with Gasteiger partial charge in [0.15, 0.2) is 11.6 Å². The Balaban J connectivity index is 2.79. The van der Waals surface area contributed by atoms with Crippen molar-refractivity contribution in [3.05, 3.63) is 23.8 Å². The number of nitrogen functional groups attached to an aromatic ring is 1. The first-order valence-corrected chi connectivity index (χ1v) is 4.93. The molecule has 0 saturated carbocycles. The Hall–Kier alpha value is -1.85. The number of nitrogens with two attached hydrogens (primary N) is 1. The molecule has 0 aliphatic heterocycles. The largest absolute Gasteiger partial charge is 0.444 e. The Morgan fingerprint density at radius 1 is 1.29 bits per heavy atom.